The van der Waals surface area contributed by atoms with Crippen molar-refractivity contribution in [3.8, 4) is 11.8 Å². The standard InChI is InChI=1S/C17H19N5O/c18-9-13-3-1-2-4-15(13)23-11-14-10-22(21-20-14)17-7-5-16(19,12-17)6-8-17/h1-4,10H,5-8,11-12,19H2. The van der Waals surface area contributed by atoms with Crippen molar-refractivity contribution in [2.24, 2.45) is 5.73 Å². The summed E-state index contributed by atoms with van der Waals surface area (Å²) in [6, 6.07) is 9.33. The molecule has 2 aliphatic carbocycles. The zero-order chi connectivity index (χ0) is 15.9. The fourth-order valence-corrected chi connectivity index (χ4v) is 3.97. The molecular weight excluding hydrogens is 290 g/mol. The van der Waals surface area contributed by atoms with Crippen LogP contribution in [0.1, 0.15) is 43.4 Å². The van der Waals surface area contributed by atoms with Crippen molar-refractivity contribution in [1.82, 2.24) is 15.0 Å². The normalized spacial score (nSPS) is 28.7. The summed E-state index contributed by atoms with van der Waals surface area (Å²) in [6.45, 7) is 0.308. The predicted molar refractivity (Wildman–Crippen MR) is 83.5 cm³/mol. The monoisotopic (exact) mass is 309 g/mol. The number of hydrogen-bond acceptors (Lipinski definition) is 5. The summed E-state index contributed by atoms with van der Waals surface area (Å²) >= 11 is 0. The number of aromatic nitrogens is 3. The van der Waals surface area contributed by atoms with Crippen molar-refractivity contribution in [3.63, 3.8) is 0 Å². The summed E-state index contributed by atoms with van der Waals surface area (Å²) in [6.07, 6.45) is 7.23. The lowest BCUT2D eigenvalue weighted by Crippen LogP contribution is -2.33. The van der Waals surface area contributed by atoms with Crippen LogP contribution in [0.5, 0.6) is 5.75 Å². The number of fused-ring (bicyclic) bond motifs is 2. The molecule has 2 N–H and O–H groups in total. The minimum atomic E-state index is -0.00561. The van der Waals surface area contributed by atoms with Crippen molar-refractivity contribution in [2.45, 2.75) is 49.8 Å². The van der Waals surface area contributed by atoms with Gasteiger partial charge in [0.25, 0.3) is 0 Å². The molecule has 0 spiro atoms. The van der Waals surface area contributed by atoms with E-state index in [1.54, 1.807) is 12.1 Å². The van der Waals surface area contributed by atoms with Crippen molar-refractivity contribution in [3.05, 3.63) is 41.7 Å². The van der Waals surface area contributed by atoms with Crippen LogP contribution in [0, 0.1) is 11.3 Å². The molecule has 0 amide bonds. The molecule has 0 atom stereocenters. The van der Waals surface area contributed by atoms with Gasteiger partial charge in [0.05, 0.1) is 17.3 Å². The topological polar surface area (TPSA) is 89.8 Å². The summed E-state index contributed by atoms with van der Waals surface area (Å²) < 4.78 is 7.71. The quantitative estimate of drug-likeness (QED) is 0.934. The number of nitrogens with zero attached hydrogens (tertiary/aromatic N) is 4. The number of ether oxygens (including phenoxy) is 1. The van der Waals surface area contributed by atoms with E-state index in [0.717, 1.165) is 37.8 Å². The number of hydrogen-bond donors (Lipinski definition) is 1. The van der Waals surface area contributed by atoms with E-state index in [-0.39, 0.29) is 11.1 Å². The second kappa shape index (κ2) is 5.07. The number of para-hydroxylation sites is 1. The number of rotatable bonds is 4. The lowest BCUT2D eigenvalue weighted by atomic mass is 9.92. The highest BCUT2D eigenvalue weighted by atomic mass is 16.5. The molecule has 0 radical (unpaired) electrons. The fourth-order valence-electron chi connectivity index (χ4n) is 3.97. The first-order valence-corrected chi connectivity index (χ1v) is 7.95. The maximum Gasteiger partial charge on any atom is 0.137 e. The van der Waals surface area contributed by atoms with Crippen LogP contribution < -0.4 is 10.5 Å². The van der Waals surface area contributed by atoms with Gasteiger partial charge in [0, 0.05) is 5.54 Å². The van der Waals surface area contributed by atoms with Crippen molar-refractivity contribution in [2.75, 3.05) is 0 Å². The van der Waals surface area contributed by atoms with Gasteiger partial charge in [0.2, 0.25) is 0 Å². The summed E-state index contributed by atoms with van der Waals surface area (Å²) in [5.41, 5.74) is 7.72. The maximum atomic E-state index is 9.08. The van der Waals surface area contributed by atoms with Crippen LogP contribution in [0.25, 0.3) is 0 Å². The zero-order valence-electron chi connectivity index (χ0n) is 12.9. The first-order chi connectivity index (χ1) is 11.1. The molecule has 4 rings (SSSR count). The van der Waals surface area contributed by atoms with Crippen LogP contribution in [0.3, 0.4) is 0 Å². The second-order valence-electron chi connectivity index (χ2n) is 6.81. The predicted octanol–water partition coefficient (Wildman–Crippen LogP) is 2.10. The number of nitrogens with two attached hydrogens (primary N) is 1. The molecule has 2 aliphatic rings. The first-order valence-electron chi connectivity index (χ1n) is 7.95. The Morgan fingerprint density at radius 2 is 2.04 bits per heavy atom. The lowest BCUT2D eigenvalue weighted by Gasteiger charge is -2.26. The molecule has 1 aromatic carbocycles. The average molecular weight is 309 g/mol. The van der Waals surface area contributed by atoms with E-state index in [1.807, 2.05) is 23.0 Å². The lowest BCUT2D eigenvalue weighted by molar-refractivity contribution is 0.257. The van der Waals surface area contributed by atoms with Crippen LogP contribution in [0.2, 0.25) is 0 Å². The van der Waals surface area contributed by atoms with E-state index < -0.39 is 0 Å². The van der Waals surface area contributed by atoms with E-state index in [9.17, 15) is 0 Å². The Kier molecular flexibility index (Phi) is 3.13. The van der Waals surface area contributed by atoms with Gasteiger partial charge in [-0.15, -0.1) is 5.10 Å². The van der Waals surface area contributed by atoms with Crippen molar-refractivity contribution < 1.29 is 4.74 Å². The molecule has 6 heteroatoms. The van der Waals surface area contributed by atoms with Gasteiger partial charge >= 0.3 is 0 Å². The van der Waals surface area contributed by atoms with Crippen molar-refractivity contribution >= 4 is 0 Å². The molecule has 6 nitrogen and oxygen atoms in total. The van der Waals surface area contributed by atoms with Crippen LogP contribution in [-0.4, -0.2) is 20.5 Å². The molecule has 2 bridgehead atoms. The molecule has 1 heterocycles. The summed E-state index contributed by atoms with van der Waals surface area (Å²) in [7, 11) is 0. The van der Waals surface area contributed by atoms with Gasteiger partial charge in [-0.25, -0.2) is 4.68 Å². The van der Waals surface area contributed by atoms with E-state index in [2.05, 4.69) is 16.4 Å². The Morgan fingerprint density at radius 3 is 2.74 bits per heavy atom. The SMILES string of the molecule is N#Cc1ccccc1OCc1cn(C23CCC(N)(CC2)C3)nn1. The van der Waals surface area contributed by atoms with Gasteiger partial charge in [0.1, 0.15) is 24.1 Å². The van der Waals surface area contributed by atoms with E-state index in [4.69, 9.17) is 15.7 Å². The fraction of sp³-hybridized carbons (Fsp3) is 0.471. The van der Waals surface area contributed by atoms with Crippen LogP contribution in [0.4, 0.5) is 0 Å². The number of benzene rings is 1. The van der Waals surface area contributed by atoms with E-state index in [1.165, 1.54) is 0 Å². The highest BCUT2D eigenvalue weighted by Crippen LogP contribution is 2.53. The summed E-state index contributed by atoms with van der Waals surface area (Å²) in [4.78, 5) is 0. The van der Waals surface area contributed by atoms with Gasteiger partial charge in [-0.3, -0.25) is 0 Å². The van der Waals surface area contributed by atoms with E-state index in [0.29, 0.717) is 17.9 Å². The highest BCUT2D eigenvalue weighted by Gasteiger charge is 2.54. The molecule has 2 aromatic rings. The van der Waals surface area contributed by atoms with Gasteiger partial charge in [-0.2, -0.15) is 5.26 Å². The molecule has 0 saturated heterocycles. The molecule has 1 aromatic heterocycles. The minimum absolute atomic E-state index is 0.00561. The molecule has 118 valence electrons. The zero-order valence-corrected chi connectivity index (χ0v) is 12.9. The van der Waals surface area contributed by atoms with Gasteiger partial charge in [-0.1, -0.05) is 17.3 Å². The Hall–Kier alpha value is -2.39. The first kappa shape index (κ1) is 14.2. The molecule has 2 saturated carbocycles. The summed E-state index contributed by atoms with van der Waals surface area (Å²) in [5, 5.41) is 17.6. The largest absolute Gasteiger partial charge is 0.486 e. The Bertz CT molecular complexity index is 767. The molecule has 23 heavy (non-hydrogen) atoms. The maximum absolute atomic E-state index is 9.08. The Morgan fingerprint density at radius 1 is 1.26 bits per heavy atom. The molecule has 0 unspecified atom stereocenters. The van der Waals surface area contributed by atoms with Crippen LogP contribution in [0.15, 0.2) is 30.5 Å². The molecule has 2 fully saturated rings. The van der Waals surface area contributed by atoms with E-state index >= 15 is 0 Å². The molecular formula is C17H19N5O. The Balaban J connectivity index is 1.48. The third-order valence-corrected chi connectivity index (χ3v) is 5.27. The van der Waals surface area contributed by atoms with Crippen LogP contribution in [-0.2, 0) is 12.1 Å². The number of nitriles is 1. The summed E-state index contributed by atoms with van der Waals surface area (Å²) in [5.74, 6) is 0.574. The average Bonchev–Trinajstić information content (AvgIpc) is 3.26. The third-order valence-electron chi connectivity index (χ3n) is 5.27. The van der Waals surface area contributed by atoms with Crippen LogP contribution >= 0.6 is 0 Å². The smallest absolute Gasteiger partial charge is 0.137 e. The van der Waals surface area contributed by atoms with Crippen molar-refractivity contribution in [1.29, 1.82) is 5.26 Å². The Labute approximate surface area is 134 Å². The van der Waals surface area contributed by atoms with Gasteiger partial charge in [-0.05, 0) is 44.2 Å². The second-order valence-corrected chi connectivity index (χ2v) is 6.81. The minimum Gasteiger partial charge on any atom is -0.486 e. The van der Waals surface area contributed by atoms with Gasteiger partial charge < -0.3 is 10.5 Å². The highest BCUT2D eigenvalue weighted by molar-refractivity contribution is 5.42. The molecule has 0 aliphatic heterocycles. The third kappa shape index (κ3) is 2.37. The van der Waals surface area contributed by atoms with Gasteiger partial charge in [0.15, 0.2) is 0 Å².